The van der Waals surface area contributed by atoms with Crippen LogP contribution in [0.2, 0.25) is 5.02 Å². The highest BCUT2D eigenvalue weighted by atomic mass is 35.5. The molecule has 2 amide bonds. The van der Waals surface area contributed by atoms with Crippen LogP contribution in [0.3, 0.4) is 0 Å². The largest absolute Gasteiger partial charge is 0.497 e. The van der Waals surface area contributed by atoms with Crippen molar-refractivity contribution in [2.75, 3.05) is 19.1 Å². The van der Waals surface area contributed by atoms with E-state index in [0.29, 0.717) is 22.6 Å². The molecule has 0 aromatic heterocycles. The molecule has 0 spiro atoms. The van der Waals surface area contributed by atoms with Gasteiger partial charge in [0.15, 0.2) is 0 Å². The Balaban J connectivity index is 1.81. The third kappa shape index (κ3) is 3.67. The summed E-state index contributed by atoms with van der Waals surface area (Å²) < 4.78 is 70.8. The van der Waals surface area contributed by atoms with E-state index < -0.39 is 40.6 Å². The van der Waals surface area contributed by atoms with Crippen LogP contribution in [0.1, 0.15) is 16.7 Å². The fraction of sp³-hybridized carbons (Fsp3) is 0.222. The molecule has 0 radical (unpaired) electrons. The van der Waals surface area contributed by atoms with Gasteiger partial charge in [0.05, 0.1) is 32.8 Å². The van der Waals surface area contributed by atoms with Gasteiger partial charge in [0.1, 0.15) is 11.6 Å². The Kier molecular flexibility index (Phi) is 6.29. The number of amides is 2. The molecule has 5 rings (SSSR count). The average Bonchev–Trinajstić information content (AvgIpc) is 3.30. The minimum Gasteiger partial charge on any atom is -0.497 e. The van der Waals surface area contributed by atoms with Gasteiger partial charge in [0.25, 0.3) is 0 Å². The Morgan fingerprint density at radius 2 is 1.69 bits per heavy atom. The summed E-state index contributed by atoms with van der Waals surface area (Å²) in [6, 6.07) is 13.1. The molecule has 39 heavy (non-hydrogen) atoms. The van der Waals surface area contributed by atoms with Crippen molar-refractivity contribution in [2.45, 2.75) is 23.8 Å². The van der Waals surface area contributed by atoms with Crippen LogP contribution >= 0.6 is 11.6 Å². The molecule has 0 fully saturated rings. The van der Waals surface area contributed by atoms with Gasteiger partial charge in [-0.15, -0.1) is 0 Å². The number of fused-ring (bicyclic) bond motifs is 3. The summed E-state index contributed by atoms with van der Waals surface area (Å²) in [4.78, 5) is 32.9. The average molecular weight is 562 g/mol. The van der Waals surface area contributed by atoms with Crippen molar-refractivity contribution >= 4 is 35.6 Å². The number of methoxy groups -OCH3 is 2. The van der Waals surface area contributed by atoms with Crippen molar-refractivity contribution in [3.05, 3.63) is 94.3 Å². The van der Waals surface area contributed by atoms with Crippen LogP contribution in [0.4, 0.5) is 28.0 Å². The molecule has 2 aliphatic rings. The van der Waals surface area contributed by atoms with E-state index in [1.54, 1.807) is 24.3 Å². The lowest BCUT2D eigenvalue weighted by Gasteiger charge is -2.52. The summed E-state index contributed by atoms with van der Waals surface area (Å²) in [5, 5.41) is -0.0687. The molecular formula is C27H20ClF4N3O4. The van der Waals surface area contributed by atoms with Crippen molar-refractivity contribution < 1.29 is 36.6 Å². The zero-order valence-corrected chi connectivity index (χ0v) is 21.3. The van der Waals surface area contributed by atoms with E-state index in [1.807, 2.05) is 0 Å². The monoisotopic (exact) mass is 561 g/mol. The number of alkyl halides is 3. The maximum Gasteiger partial charge on any atom is 0.419 e. The Morgan fingerprint density at radius 1 is 1.03 bits per heavy atom. The van der Waals surface area contributed by atoms with Crippen molar-refractivity contribution in [1.29, 1.82) is 0 Å². The molecule has 1 unspecified atom stereocenters. The first-order valence-electron chi connectivity index (χ1n) is 11.5. The molecule has 0 saturated heterocycles. The number of benzene rings is 3. The van der Waals surface area contributed by atoms with Crippen LogP contribution in [-0.4, -0.2) is 43.6 Å². The highest BCUT2D eigenvalue weighted by Crippen LogP contribution is 2.63. The lowest BCUT2D eigenvalue weighted by atomic mass is 9.66. The molecule has 7 nitrogen and oxygen atoms in total. The molecule has 0 saturated carbocycles. The first-order valence-corrected chi connectivity index (χ1v) is 11.9. The summed E-state index contributed by atoms with van der Waals surface area (Å²) in [6.07, 6.45) is -4.62. The van der Waals surface area contributed by atoms with E-state index in [1.165, 1.54) is 19.2 Å². The van der Waals surface area contributed by atoms with Gasteiger partial charge in [-0.3, -0.25) is 9.80 Å². The topological polar surface area (TPSA) is 71.4 Å². The minimum absolute atomic E-state index is 0.0687. The summed E-state index contributed by atoms with van der Waals surface area (Å²) in [6.45, 7) is -0.114. The molecule has 2 aliphatic heterocycles. The number of aliphatic imine (C=N–C) groups is 1. The van der Waals surface area contributed by atoms with Crippen LogP contribution in [0, 0.1) is 5.82 Å². The normalized spacial score (nSPS) is 22.0. The van der Waals surface area contributed by atoms with Gasteiger partial charge in [-0.2, -0.15) is 13.2 Å². The second-order valence-corrected chi connectivity index (χ2v) is 9.35. The molecule has 202 valence electrons. The highest BCUT2D eigenvalue weighted by molar-refractivity contribution is 6.30. The molecule has 3 aromatic rings. The highest BCUT2D eigenvalue weighted by Gasteiger charge is 2.80. The SMILES string of the molecule is COC(=O)[C@]1(c2ccc(F)cc2)N=CN2C(=O)N(Cc3ccc(OC)cc3)c3ccc(Cl)cc3C21C(F)(F)F. The van der Waals surface area contributed by atoms with Gasteiger partial charge in [-0.1, -0.05) is 35.9 Å². The Bertz CT molecular complexity index is 1480. The van der Waals surface area contributed by atoms with Crippen LogP contribution in [0.15, 0.2) is 71.7 Å². The second kappa shape index (κ2) is 9.26. The summed E-state index contributed by atoms with van der Waals surface area (Å²) in [5.74, 6) is -1.58. The zero-order chi connectivity index (χ0) is 28.2. The first-order chi connectivity index (χ1) is 18.5. The van der Waals surface area contributed by atoms with Crippen LogP contribution < -0.4 is 9.64 Å². The van der Waals surface area contributed by atoms with Gasteiger partial charge in [0.2, 0.25) is 11.1 Å². The number of nitrogens with zero attached hydrogens (tertiary/aromatic N) is 3. The van der Waals surface area contributed by atoms with E-state index in [2.05, 4.69) is 4.99 Å². The third-order valence-electron chi connectivity index (χ3n) is 6.98. The summed E-state index contributed by atoms with van der Waals surface area (Å²) >= 11 is 6.22. The molecule has 2 heterocycles. The van der Waals surface area contributed by atoms with Crippen LogP contribution in [0.25, 0.3) is 0 Å². The van der Waals surface area contributed by atoms with E-state index in [4.69, 9.17) is 21.1 Å². The van der Waals surface area contributed by atoms with Crippen molar-refractivity contribution in [1.82, 2.24) is 4.90 Å². The zero-order valence-electron chi connectivity index (χ0n) is 20.5. The Labute approximate surface area is 225 Å². The maximum atomic E-state index is 15.6. The molecule has 0 bridgehead atoms. The van der Waals surface area contributed by atoms with Crippen LogP contribution in [0.5, 0.6) is 5.75 Å². The quantitative estimate of drug-likeness (QED) is 0.292. The maximum absolute atomic E-state index is 15.6. The van der Waals surface area contributed by atoms with Gasteiger partial charge in [-0.25, -0.2) is 19.0 Å². The smallest absolute Gasteiger partial charge is 0.419 e. The number of hydrogen-bond donors (Lipinski definition) is 0. The standard InChI is InChI=1S/C27H20ClF4N3O4/c1-38-20-10-3-16(4-11-20)14-34-22-12-7-18(28)13-21(22)26(27(30,31)32)25(23(36)39-2,33-15-35(26)24(34)37)17-5-8-19(29)9-6-17/h3-13,15H,14H2,1-2H3/t25-,26?/m0/s1. The second-order valence-electron chi connectivity index (χ2n) is 8.91. The van der Waals surface area contributed by atoms with Crippen molar-refractivity contribution in [3.8, 4) is 5.75 Å². The van der Waals surface area contributed by atoms with Crippen molar-refractivity contribution in [2.24, 2.45) is 4.99 Å². The molecule has 3 aromatic carbocycles. The Morgan fingerprint density at radius 3 is 2.28 bits per heavy atom. The number of carbonyl (C=O) groups excluding carboxylic acids is 2. The number of carbonyl (C=O) groups is 2. The molecule has 0 N–H and O–H groups in total. The van der Waals surface area contributed by atoms with E-state index in [0.717, 1.165) is 42.3 Å². The minimum atomic E-state index is -5.30. The number of halogens is 5. The van der Waals surface area contributed by atoms with Gasteiger partial charge in [-0.05, 0) is 53.6 Å². The molecular weight excluding hydrogens is 542 g/mol. The lowest BCUT2D eigenvalue weighted by Crippen LogP contribution is -2.70. The predicted octanol–water partition coefficient (Wildman–Crippen LogP) is 5.80. The number of rotatable bonds is 5. The number of hydrogen-bond acceptors (Lipinski definition) is 5. The number of esters is 1. The summed E-state index contributed by atoms with van der Waals surface area (Å²) in [7, 11) is 2.40. The van der Waals surface area contributed by atoms with Crippen molar-refractivity contribution in [3.63, 3.8) is 0 Å². The number of ether oxygens (including phenoxy) is 2. The lowest BCUT2D eigenvalue weighted by molar-refractivity contribution is -0.239. The van der Waals surface area contributed by atoms with E-state index in [-0.39, 0.29) is 22.8 Å². The fourth-order valence-electron chi connectivity index (χ4n) is 5.28. The third-order valence-corrected chi connectivity index (χ3v) is 7.22. The van der Waals surface area contributed by atoms with E-state index in [9.17, 15) is 14.0 Å². The number of anilines is 1. The Hall–Kier alpha value is -4.12. The molecule has 0 aliphatic carbocycles. The van der Waals surface area contributed by atoms with Gasteiger partial charge in [0, 0.05) is 10.6 Å². The van der Waals surface area contributed by atoms with Crippen LogP contribution in [-0.2, 0) is 27.2 Å². The van der Waals surface area contributed by atoms with Gasteiger partial charge >= 0.3 is 18.2 Å². The molecule has 2 atom stereocenters. The predicted molar refractivity (Wildman–Crippen MR) is 134 cm³/mol. The fourth-order valence-corrected chi connectivity index (χ4v) is 5.46. The summed E-state index contributed by atoms with van der Waals surface area (Å²) in [5.41, 5.74) is -6.63. The van der Waals surface area contributed by atoms with Gasteiger partial charge < -0.3 is 9.47 Å². The first kappa shape index (κ1) is 26.5. The number of urea groups is 1. The van der Waals surface area contributed by atoms with E-state index >= 15 is 13.2 Å². The molecule has 12 heteroatoms.